The Kier molecular flexibility index (Phi) is 7.65. The van der Waals surface area contributed by atoms with Crippen LogP contribution in [0.25, 0.3) is 11.4 Å². The van der Waals surface area contributed by atoms with Gasteiger partial charge < -0.3 is 25.2 Å². The van der Waals surface area contributed by atoms with Crippen LogP contribution in [0.1, 0.15) is 44.5 Å². The summed E-state index contributed by atoms with van der Waals surface area (Å²) >= 11 is 0. The van der Waals surface area contributed by atoms with Gasteiger partial charge in [0.1, 0.15) is 5.82 Å². The molecule has 0 unspecified atom stereocenters. The second-order valence-electron chi connectivity index (χ2n) is 8.92. The van der Waals surface area contributed by atoms with Crippen molar-refractivity contribution in [2.75, 3.05) is 43.1 Å². The van der Waals surface area contributed by atoms with Gasteiger partial charge in [0.25, 0.3) is 0 Å². The standard InChI is InChI=1S/C26H34N6O3/c1-5-7-22-23-21(12-13-32(22)18(4)33)25(31-14-15-35-16-17(31)3)30-24(29-23)19-8-10-20(11-9-19)28-26(34)27-6-2/h5,8-11,17,22H,1,6-7,12-16H2,2-4H3,(H2,27,28,34)/t17-,22-/m0/s1. The summed E-state index contributed by atoms with van der Waals surface area (Å²) in [4.78, 5) is 38.5. The second kappa shape index (κ2) is 10.9. The number of morpholine rings is 1. The minimum atomic E-state index is -0.245. The Bertz CT molecular complexity index is 1090. The molecule has 186 valence electrons. The number of aromatic nitrogens is 2. The molecule has 35 heavy (non-hydrogen) atoms. The molecule has 0 bridgehead atoms. The molecule has 1 saturated heterocycles. The molecule has 0 saturated carbocycles. The molecule has 1 aromatic carbocycles. The van der Waals surface area contributed by atoms with Crippen molar-refractivity contribution in [3.05, 3.63) is 48.2 Å². The molecule has 0 aliphatic carbocycles. The minimum absolute atomic E-state index is 0.0322. The van der Waals surface area contributed by atoms with Crippen molar-refractivity contribution in [2.24, 2.45) is 0 Å². The molecule has 1 fully saturated rings. The van der Waals surface area contributed by atoms with Crippen LogP contribution in [0.4, 0.5) is 16.3 Å². The quantitative estimate of drug-likeness (QED) is 0.616. The summed E-state index contributed by atoms with van der Waals surface area (Å²) in [6.45, 7) is 12.8. The molecular weight excluding hydrogens is 444 g/mol. The summed E-state index contributed by atoms with van der Waals surface area (Å²) in [7, 11) is 0. The molecule has 9 nitrogen and oxygen atoms in total. The minimum Gasteiger partial charge on any atom is -0.377 e. The Morgan fingerprint density at radius 3 is 2.66 bits per heavy atom. The molecule has 0 spiro atoms. The predicted molar refractivity (Wildman–Crippen MR) is 136 cm³/mol. The number of hydrogen-bond acceptors (Lipinski definition) is 6. The van der Waals surface area contributed by atoms with Crippen LogP contribution in [0.15, 0.2) is 36.9 Å². The number of fused-ring (bicyclic) bond motifs is 1. The van der Waals surface area contributed by atoms with Crippen molar-refractivity contribution in [2.45, 2.75) is 45.7 Å². The summed E-state index contributed by atoms with van der Waals surface area (Å²) in [5.74, 6) is 1.55. The predicted octanol–water partition coefficient (Wildman–Crippen LogP) is 3.53. The zero-order valence-corrected chi connectivity index (χ0v) is 20.7. The highest BCUT2D eigenvalue weighted by atomic mass is 16.5. The van der Waals surface area contributed by atoms with E-state index in [-0.39, 0.29) is 24.0 Å². The highest BCUT2D eigenvalue weighted by Crippen LogP contribution is 2.38. The maximum atomic E-state index is 12.4. The van der Waals surface area contributed by atoms with Gasteiger partial charge in [0, 0.05) is 43.4 Å². The Morgan fingerprint density at radius 1 is 1.23 bits per heavy atom. The lowest BCUT2D eigenvalue weighted by atomic mass is 9.94. The first-order valence-corrected chi connectivity index (χ1v) is 12.2. The molecule has 2 aliphatic heterocycles. The molecule has 2 aromatic rings. The van der Waals surface area contributed by atoms with Crippen LogP contribution in [-0.2, 0) is 16.0 Å². The van der Waals surface area contributed by atoms with Crippen molar-refractivity contribution < 1.29 is 14.3 Å². The summed E-state index contributed by atoms with van der Waals surface area (Å²) in [6.07, 6.45) is 3.17. The van der Waals surface area contributed by atoms with Gasteiger partial charge in [-0.15, -0.1) is 6.58 Å². The fraction of sp³-hybridized carbons (Fsp3) is 0.462. The van der Waals surface area contributed by atoms with Gasteiger partial charge in [-0.1, -0.05) is 6.08 Å². The normalized spacial score (nSPS) is 19.6. The third kappa shape index (κ3) is 5.30. The Morgan fingerprint density at radius 2 is 2.00 bits per heavy atom. The van der Waals surface area contributed by atoms with Gasteiger partial charge in [-0.3, -0.25) is 4.79 Å². The topological polar surface area (TPSA) is 99.7 Å². The average Bonchev–Trinajstić information content (AvgIpc) is 2.84. The van der Waals surface area contributed by atoms with Gasteiger partial charge >= 0.3 is 6.03 Å². The Labute approximate surface area is 206 Å². The van der Waals surface area contributed by atoms with Crippen LogP contribution < -0.4 is 15.5 Å². The molecule has 9 heteroatoms. The molecule has 2 N–H and O–H groups in total. The number of ether oxygens (including phenoxy) is 1. The number of amides is 3. The fourth-order valence-corrected chi connectivity index (χ4v) is 4.76. The number of rotatable bonds is 6. The molecule has 3 heterocycles. The van der Waals surface area contributed by atoms with E-state index in [2.05, 4.69) is 29.0 Å². The van der Waals surface area contributed by atoms with Crippen molar-refractivity contribution in [3.63, 3.8) is 0 Å². The molecule has 1 aromatic heterocycles. The molecule has 2 aliphatic rings. The van der Waals surface area contributed by atoms with Gasteiger partial charge in [-0.2, -0.15) is 0 Å². The summed E-state index contributed by atoms with van der Waals surface area (Å²) in [5, 5.41) is 5.54. The maximum absolute atomic E-state index is 12.4. The van der Waals surface area contributed by atoms with Crippen molar-refractivity contribution in [1.29, 1.82) is 0 Å². The highest BCUT2D eigenvalue weighted by Gasteiger charge is 2.35. The smallest absolute Gasteiger partial charge is 0.319 e. The van der Waals surface area contributed by atoms with Gasteiger partial charge in [0.15, 0.2) is 5.82 Å². The number of nitrogens with zero attached hydrogens (tertiary/aromatic N) is 4. The van der Waals surface area contributed by atoms with Crippen LogP contribution in [0.3, 0.4) is 0 Å². The number of urea groups is 1. The first-order chi connectivity index (χ1) is 16.9. The average molecular weight is 479 g/mol. The maximum Gasteiger partial charge on any atom is 0.319 e. The number of benzene rings is 1. The van der Waals surface area contributed by atoms with Crippen LogP contribution in [0, 0.1) is 0 Å². The molecule has 2 atom stereocenters. The third-order valence-corrected chi connectivity index (χ3v) is 6.48. The zero-order chi connectivity index (χ0) is 24.9. The van der Waals surface area contributed by atoms with E-state index in [0.717, 1.165) is 29.2 Å². The molecule has 4 rings (SSSR count). The van der Waals surface area contributed by atoms with E-state index in [1.54, 1.807) is 6.92 Å². The fourth-order valence-electron chi connectivity index (χ4n) is 4.76. The molecule has 3 amide bonds. The lowest BCUT2D eigenvalue weighted by Crippen LogP contribution is -2.46. The molecule has 0 radical (unpaired) electrons. The van der Waals surface area contributed by atoms with Gasteiger partial charge in [-0.05, 0) is 51.0 Å². The Balaban J connectivity index is 1.78. The third-order valence-electron chi connectivity index (χ3n) is 6.48. The van der Waals surface area contributed by atoms with E-state index in [9.17, 15) is 9.59 Å². The first-order valence-electron chi connectivity index (χ1n) is 12.2. The summed E-state index contributed by atoms with van der Waals surface area (Å²) in [6, 6.07) is 7.26. The lowest BCUT2D eigenvalue weighted by molar-refractivity contribution is -0.131. The number of carbonyl (C=O) groups is 2. The SMILES string of the molecule is C=CC[C@H]1c2nc(-c3ccc(NC(=O)NCC)cc3)nc(N3CCOC[C@@H]3C)c2CCN1C(C)=O. The van der Waals surface area contributed by atoms with Crippen molar-refractivity contribution in [3.8, 4) is 11.4 Å². The van der Waals surface area contributed by atoms with Crippen LogP contribution in [0.5, 0.6) is 0 Å². The lowest BCUT2D eigenvalue weighted by Gasteiger charge is -2.40. The summed E-state index contributed by atoms with van der Waals surface area (Å²) in [5.41, 5.74) is 3.51. The van der Waals surface area contributed by atoms with Crippen molar-refractivity contribution >= 4 is 23.4 Å². The second-order valence-corrected chi connectivity index (χ2v) is 8.92. The largest absolute Gasteiger partial charge is 0.377 e. The molecular formula is C26H34N6O3. The number of carbonyl (C=O) groups excluding carboxylic acids is 2. The number of nitrogens with one attached hydrogen (secondary N) is 2. The summed E-state index contributed by atoms with van der Waals surface area (Å²) < 4.78 is 5.67. The first kappa shape index (κ1) is 24.7. The van der Waals surface area contributed by atoms with Gasteiger partial charge in [-0.25, -0.2) is 14.8 Å². The van der Waals surface area contributed by atoms with Gasteiger partial charge in [0.2, 0.25) is 5.91 Å². The van der Waals surface area contributed by atoms with E-state index in [1.807, 2.05) is 42.2 Å². The van der Waals surface area contributed by atoms with E-state index in [1.165, 1.54) is 0 Å². The van der Waals surface area contributed by atoms with E-state index in [0.29, 0.717) is 50.7 Å². The zero-order valence-electron chi connectivity index (χ0n) is 20.7. The van der Waals surface area contributed by atoms with Crippen LogP contribution in [0.2, 0.25) is 0 Å². The van der Waals surface area contributed by atoms with E-state index >= 15 is 0 Å². The van der Waals surface area contributed by atoms with Crippen molar-refractivity contribution in [1.82, 2.24) is 20.2 Å². The van der Waals surface area contributed by atoms with Crippen LogP contribution >= 0.6 is 0 Å². The van der Waals surface area contributed by atoms with Gasteiger partial charge in [0.05, 0.1) is 31.0 Å². The van der Waals surface area contributed by atoms with E-state index in [4.69, 9.17) is 14.7 Å². The Hall–Kier alpha value is -3.46. The van der Waals surface area contributed by atoms with E-state index < -0.39 is 0 Å². The highest BCUT2D eigenvalue weighted by molar-refractivity contribution is 5.89. The van der Waals surface area contributed by atoms with Crippen LogP contribution in [-0.4, -0.2) is 65.7 Å². The number of anilines is 2. The monoisotopic (exact) mass is 478 g/mol. The number of hydrogen-bond donors (Lipinski definition) is 2.